The van der Waals surface area contributed by atoms with Gasteiger partial charge in [-0.25, -0.2) is 4.79 Å². The minimum atomic E-state index is -0.719. The average Bonchev–Trinajstić information content (AvgIpc) is 3.11. The molecule has 0 aliphatic carbocycles. The lowest BCUT2D eigenvalue weighted by molar-refractivity contribution is 0.0213. The van der Waals surface area contributed by atoms with Gasteiger partial charge in [0.15, 0.2) is 0 Å². The highest BCUT2D eigenvalue weighted by molar-refractivity contribution is 7.09. The molecule has 3 rings (SSSR count). The summed E-state index contributed by atoms with van der Waals surface area (Å²) in [5.41, 5.74) is 1.56. The molecule has 0 amide bonds. The smallest absolute Gasteiger partial charge is 0.328 e. The fourth-order valence-corrected chi connectivity index (χ4v) is 3.13. The maximum Gasteiger partial charge on any atom is 0.328 e. The summed E-state index contributed by atoms with van der Waals surface area (Å²) in [5.74, 6) is 0. The second-order valence-electron chi connectivity index (χ2n) is 5.19. The molecule has 1 atom stereocenters. The Balaban J connectivity index is 1.67. The molecule has 2 aromatic heterocycles. The number of nitrogens with zero attached hydrogens (tertiary/aromatic N) is 2. The van der Waals surface area contributed by atoms with Gasteiger partial charge in [-0.2, -0.15) is 0 Å². The van der Waals surface area contributed by atoms with E-state index in [1.54, 1.807) is 27.5 Å². The van der Waals surface area contributed by atoms with E-state index < -0.39 is 6.10 Å². The summed E-state index contributed by atoms with van der Waals surface area (Å²) in [7, 11) is 1.74. The van der Waals surface area contributed by atoms with E-state index in [0.717, 1.165) is 15.9 Å². The van der Waals surface area contributed by atoms with Crippen molar-refractivity contribution in [2.75, 3.05) is 6.61 Å². The van der Waals surface area contributed by atoms with E-state index in [1.807, 2.05) is 41.8 Å². The number of aliphatic hydroxyl groups excluding tert-OH is 1. The van der Waals surface area contributed by atoms with Gasteiger partial charge in [-0.3, -0.25) is 9.13 Å². The Kier molecular flexibility index (Phi) is 4.42. The van der Waals surface area contributed by atoms with Crippen LogP contribution in [0.4, 0.5) is 0 Å². The van der Waals surface area contributed by atoms with Crippen LogP contribution in [0.25, 0.3) is 11.0 Å². The number of hydrogen-bond acceptors (Lipinski definition) is 4. The first-order chi connectivity index (χ1) is 10.7. The number of hydrogen-bond donors (Lipinski definition) is 1. The molecule has 22 heavy (non-hydrogen) atoms. The molecule has 0 saturated heterocycles. The van der Waals surface area contributed by atoms with Crippen LogP contribution in [0.5, 0.6) is 0 Å². The molecule has 0 aliphatic rings. The summed E-state index contributed by atoms with van der Waals surface area (Å²) in [6.07, 6.45) is -0.719. The van der Waals surface area contributed by atoms with Crippen LogP contribution in [0.1, 0.15) is 4.88 Å². The van der Waals surface area contributed by atoms with Crippen molar-refractivity contribution in [3.63, 3.8) is 0 Å². The Morgan fingerprint density at radius 3 is 2.73 bits per heavy atom. The molecule has 0 bridgehead atoms. The second kappa shape index (κ2) is 6.48. The molecule has 6 heteroatoms. The lowest BCUT2D eigenvalue weighted by Gasteiger charge is -2.11. The fourth-order valence-electron chi connectivity index (χ4n) is 2.49. The first kappa shape index (κ1) is 15.0. The number of thiophene rings is 1. The van der Waals surface area contributed by atoms with Crippen molar-refractivity contribution in [1.82, 2.24) is 9.13 Å². The van der Waals surface area contributed by atoms with E-state index >= 15 is 0 Å². The SMILES string of the molecule is Cn1c(=O)n(C[C@@H](O)COCc2cccs2)c2ccccc21. The van der Waals surface area contributed by atoms with Gasteiger partial charge in [-0.15, -0.1) is 11.3 Å². The maximum atomic E-state index is 12.3. The molecular formula is C16H18N2O3S. The maximum absolute atomic E-state index is 12.3. The molecule has 0 radical (unpaired) electrons. The summed E-state index contributed by atoms with van der Waals surface area (Å²) in [6.45, 7) is 0.914. The van der Waals surface area contributed by atoms with Gasteiger partial charge in [0.2, 0.25) is 0 Å². The van der Waals surface area contributed by atoms with Crippen molar-refractivity contribution >= 4 is 22.4 Å². The lowest BCUT2D eigenvalue weighted by Crippen LogP contribution is -2.29. The van der Waals surface area contributed by atoms with Gasteiger partial charge in [0.1, 0.15) is 0 Å². The highest BCUT2D eigenvalue weighted by Gasteiger charge is 2.14. The standard InChI is InChI=1S/C16H18N2O3S/c1-17-14-6-2-3-7-15(14)18(16(17)20)9-12(19)10-21-11-13-5-4-8-22-13/h2-8,12,19H,9-11H2,1H3/t12-/m1/s1. The van der Waals surface area contributed by atoms with E-state index in [9.17, 15) is 9.90 Å². The quantitative estimate of drug-likeness (QED) is 0.756. The van der Waals surface area contributed by atoms with Crippen LogP contribution in [-0.4, -0.2) is 27.0 Å². The first-order valence-electron chi connectivity index (χ1n) is 7.09. The largest absolute Gasteiger partial charge is 0.389 e. The number of fused-ring (bicyclic) bond motifs is 1. The predicted molar refractivity (Wildman–Crippen MR) is 87.2 cm³/mol. The molecule has 0 spiro atoms. The Labute approximate surface area is 132 Å². The van der Waals surface area contributed by atoms with Crippen LogP contribution in [0.3, 0.4) is 0 Å². The molecule has 5 nitrogen and oxygen atoms in total. The number of rotatable bonds is 6. The van der Waals surface area contributed by atoms with Crippen molar-refractivity contribution in [1.29, 1.82) is 0 Å². The van der Waals surface area contributed by atoms with Crippen LogP contribution >= 0.6 is 11.3 Å². The predicted octanol–water partition coefficient (Wildman–Crippen LogP) is 1.98. The first-order valence-corrected chi connectivity index (χ1v) is 7.97. The van der Waals surface area contributed by atoms with Gasteiger partial charge in [0.05, 0.1) is 36.9 Å². The van der Waals surface area contributed by atoms with Crippen LogP contribution < -0.4 is 5.69 Å². The number of imidazole rings is 1. The van der Waals surface area contributed by atoms with Crippen LogP contribution in [0.2, 0.25) is 0 Å². The third kappa shape index (κ3) is 2.99. The average molecular weight is 318 g/mol. The Bertz CT molecular complexity index is 805. The molecule has 0 saturated carbocycles. The highest BCUT2D eigenvalue weighted by Crippen LogP contribution is 2.13. The number of aliphatic hydroxyl groups is 1. The number of benzene rings is 1. The summed E-state index contributed by atoms with van der Waals surface area (Å²) in [5, 5.41) is 12.1. The number of aromatic nitrogens is 2. The zero-order valence-corrected chi connectivity index (χ0v) is 13.1. The van der Waals surface area contributed by atoms with Gasteiger partial charge < -0.3 is 9.84 Å². The lowest BCUT2D eigenvalue weighted by atomic mass is 10.3. The van der Waals surface area contributed by atoms with E-state index in [4.69, 9.17) is 4.74 Å². The summed E-state index contributed by atoms with van der Waals surface area (Å²) in [6, 6.07) is 11.5. The summed E-state index contributed by atoms with van der Waals surface area (Å²) < 4.78 is 8.69. The van der Waals surface area contributed by atoms with E-state index in [0.29, 0.717) is 6.61 Å². The van der Waals surface area contributed by atoms with Crippen molar-refractivity contribution in [3.8, 4) is 0 Å². The summed E-state index contributed by atoms with van der Waals surface area (Å²) in [4.78, 5) is 13.4. The third-order valence-corrected chi connectivity index (χ3v) is 4.43. The minimum Gasteiger partial charge on any atom is -0.389 e. The van der Waals surface area contributed by atoms with E-state index in [1.165, 1.54) is 0 Å². The minimum absolute atomic E-state index is 0.126. The van der Waals surface area contributed by atoms with Gasteiger partial charge in [0, 0.05) is 11.9 Å². The zero-order chi connectivity index (χ0) is 15.5. The molecule has 0 unspecified atom stereocenters. The normalized spacial score (nSPS) is 12.8. The molecule has 3 aromatic rings. The van der Waals surface area contributed by atoms with Gasteiger partial charge in [0.25, 0.3) is 0 Å². The molecule has 0 fully saturated rings. The van der Waals surface area contributed by atoms with Crippen molar-refractivity contribution < 1.29 is 9.84 Å². The third-order valence-electron chi connectivity index (χ3n) is 3.58. The molecule has 1 N–H and O–H groups in total. The van der Waals surface area contributed by atoms with Crippen LogP contribution in [-0.2, 0) is 24.9 Å². The van der Waals surface area contributed by atoms with Gasteiger partial charge >= 0.3 is 5.69 Å². The second-order valence-corrected chi connectivity index (χ2v) is 6.22. The van der Waals surface area contributed by atoms with E-state index in [2.05, 4.69) is 0 Å². The molecule has 116 valence electrons. The van der Waals surface area contributed by atoms with Gasteiger partial charge in [-0.1, -0.05) is 18.2 Å². The Morgan fingerprint density at radius 2 is 2.00 bits per heavy atom. The highest BCUT2D eigenvalue weighted by atomic mass is 32.1. The summed E-state index contributed by atoms with van der Waals surface area (Å²) >= 11 is 1.62. The van der Waals surface area contributed by atoms with Crippen molar-refractivity contribution in [2.45, 2.75) is 19.3 Å². The van der Waals surface area contributed by atoms with Crippen molar-refractivity contribution in [3.05, 3.63) is 57.1 Å². The zero-order valence-electron chi connectivity index (χ0n) is 12.3. The van der Waals surface area contributed by atoms with Crippen LogP contribution in [0.15, 0.2) is 46.6 Å². The molecule has 1 aromatic carbocycles. The Morgan fingerprint density at radius 1 is 1.23 bits per heavy atom. The fraction of sp³-hybridized carbons (Fsp3) is 0.312. The van der Waals surface area contributed by atoms with E-state index in [-0.39, 0.29) is 18.8 Å². The molecule has 2 heterocycles. The topological polar surface area (TPSA) is 56.4 Å². The Hall–Kier alpha value is -1.89. The number of aryl methyl sites for hydroxylation is 1. The molecule has 0 aliphatic heterocycles. The number of ether oxygens (including phenoxy) is 1. The van der Waals surface area contributed by atoms with Gasteiger partial charge in [-0.05, 0) is 23.6 Å². The monoisotopic (exact) mass is 318 g/mol. The number of para-hydroxylation sites is 2. The molecular weight excluding hydrogens is 300 g/mol. The van der Waals surface area contributed by atoms with Crippen molar-refractivity contribution in [2.24, 2.45) is 7.05 Å². The van der Waals surface area contributed by atoms with Crippen LogP contribution in [0, 0.1) is 0 Å².